The molecule has 0 amide bonds. The number of piperidine rings is 1. The first kappa shape index (κ1) is 17.6. The van der Waals surface area contributed by atoms with Crippen LogP contribution in [0.15, 0.2) is 47.3 Å². The molecule has 8 heteroatoms. The molecule has 0 radical (unpaired) electrons. The van der Waals surface area contributed by atoms with Gasteiger partial charge in [0.25, 0.3) is 0 Å². The molecule has 0 bridgehead atoms. The third kappa shape index (κ3) is 3.84. The lowest BCUT2D eigenvalue weighted by Crippen LogP contribution is -2.38. The van der Waals surface area contributed by atoms with Gasteiger partial charge in [-0.05, 0) is 31.0 Å². The fourth-order valence-electron chi connectivity index (χ4n) is 3.40. The Morgan fingerprint density at radius 3 is 2.89 bits per heavy atom. The smallest absolute Gasteiger partial charge is 0.433 e. The predicted octanol–water partition coefficient (Wildman–Crippen LogP) is 4.54. The van der Waals surface area contributed by atoms with Crippen LogP contribution in [0.25, 0.3) is 11.0 Å². The van der Waals surface area contributed by atoms with Gasteiger partial charge in [-0.1, -0.05) is 0 Å². The second-order valence-corrected chi connectivity index (χ2v) is 6.61. The molecule has 27 heavy (non-hydrogen) atoms. The molecule has 1 saturated heterocycles. The first-order chi connectivity index (χ1) is 13.0. The number of pyridine rings is 2. The fourth-order valence-corrected chi connectivity index (χ4v) is 3.40. The van der Waals surface area contributed by atoms with E-state index in [-0.39, 0.29) is 11.7 Å². The number of halogens is 3. The minimum atomic E-state index is -4.48. The summed E-state index contributed by atoms with van der Waals surface area (Å²) in [6.45, 7) is 1.95. The second kappa shape index (κ2) is 7.09. The zero-order valence-electron chi connectivity index (χ0n) is 14.4. The normalized spacial score (nSPS) is 18.0. The largest absolute Gasteiger partial charge is 0.493 e. The minimum Gasteiger partial charge on any atom is -0.493 e. The molecule has 0 N–H and O–H groups in total. The van der Waals surface area contributed by atoms with Gasteiger partial charge in [0.2, 0.25) is 0 Å². The SMILES string of the molecule is FC(F)(F)c1cc(OCC2CCCN(c3nccc4occc34)C2)ccn1. The van der Waals surface area contributed by atoms with Gasteiger partial charge >= 0.3 is 6.18 Å². The van der Waals surface area contributed by atoms with Crippen molar-refractivity contribution >= 4 is 16.8 Å². The van der Waals surface area contributed by atoms with E-state index in [1.807, 2.05) is 12.1 Å². The highest BCUT2D eigenvalue weighted by atomic mass is 19.4. The Morgan fingerprint density at radius 1 is 1.19 bits per heavy atom. The molecule has 1 aliphatic rings. The van der Waals surface area contributed by atoms with E-state index in [1.165, 1.54) is 6.07 Å². The molecule has 1 aliphatic heterocycles. The number of nitrogens with zero attached hydrogens (tertiary/aromatic N) is 3. The van der Waals surface area contributed by atoms with E-state index in [1.54, 1.807) is 12.5 Å². The summed E-state index contributed by atoms with van der Waals surface area (Å²) in [5.41, 5.74) is -0.157. The van der Waals surface area contributed by atoms with Crippen molar-refractivity contribution in [2.45, 2.75) is 19.0 Å². The Morgan fingerprint density at radius 2 is 2.04 bits per heavy atom. The molecule has 4 rings (SSSR count). The standard InChI is InChI=1S/C19H18F3N3O2/c20-19(21,22)17-10-14(3-6-23-17)27-12-13-2-1-8-25(11-13)18-15-5-9-26-16(15)4-7-24-18/h3-7,9-10,13H,1-2,8,11-12H2. The van der Waals surface area contributed by atoms with Crippen molar-refractivity contribution in [1.29, 1.82) is 0 Å². The monoisotopic (exact) mass is 377 g/mol. The molecule has 1 atom stereocenters. The van der Waals surface area contributed by atoms with Gasteiger partial charge in [0.05, 0.1) is 18.3 Å². The number of anilines is 1. The van der Waals surface area contributed by atoms with Gasteiger partial charge in [-0.3, -0.25) is 4.98 Å². The maximum absolute atomic E-state index is 12.8. The number of fused-ring (bicyclic) bond motifs is 1. The summed E-state index contributed by atoms with van der Waals surface area (Å²) in [6, 6.07) is 6.11. The predicted molar refractivity (Wildman–Crippen MR) is 93.7 cm³/mol. The van der Waals surface area contributed by atoms with Crippen molar-refractivity contribution in [1.82, 2.24) is 9.97 Å². The van der Waals surface area contributed by atoms with Crippen molar-refractivity contribution in [3.63, 3.8) is 0 Å². The Balaban J connectivity index is 1.43. The van der Waals surface area contributed by atoms with Crippen LogP contribution in [-0.4, -0.2) is 29.7 Å². The summed E-state index contributed by atoms with van der Waals surface area (Å²) < 4.78 is 49.4. The average Bonchev–Trinajstić information content (AvgIpc) is 3.15. The van der Waals surface area contributed by atoms with E-state index in [2.05, 4.69) is 14.9 Å². The molecule has 0 saturated carbocycles. The molecule has 0 aliphatic carbocycles. The van der Waals surface area contributed by atoms with E-state index >= 15 is 0 Å². The van der Waals surface area contributed by atoms with E-state index in [4.69, 9.17) is 9.15 Å². The Hall–Kier alpha value is -2.77. The zero-order chi connectivity index (χ0) is 18.9. The first-order valence-electron chi connectivity index (χ1n) is 8.74. The zero-order valence-corrected chi connectivity index (χ0v) is 14.4. The molecule has 0 spiro atoms. The molecule has 4 heterocycles. The van der Waals surface area contributed by atoms with Gasteiger partial charge in [0.15, 0.2) is 0 Å². The molecule has 3 aromatic heterocycles. The van der Waals surface area contributed by atoms with Crippen molar-refractivity contribution < 1.29 is 22.3 Å². The summed E-state index contributed by atoms with van der Waals surface area (Å²) >= 11 is 0. The van der Waals surface area contributed by atoms with Crippen LogP contribution in [0.5, 0.6) is 5.75 Å². The highest BCUT2D eigenvalue weighted by Gasteiger charge is 2.32. The van der Waals surface area contributed by atoms with Gasteiger partial charge in [-0.25, -0.2) is 4.98 Å². The third-order valence-electron chi connectivity index (χ3n) is 4.68. The topological polar surface area (TPSA) is 51.4 Å². The Labute approximate surface area is 153 Å². The van der Waals surface area contributed by atoms with E-state index in [0.29, 0.717) is 6.61 Å². The number of alkyl halides is 3. The Kier molecular flexibility index (Phi) is 4.63. The van der Waals surface area contributed by atoms with Crippen LogP contribution in [0.3, 0.4) is 0 Å². The molecular formula is C19H18F3N3O2. The van der Waals surface area contributed by atoms with Gasteiger partial charge in [-0.15, -0.1) is 0 Å². The lowest BCUT2D eigenvalue weighted by molar-refractivity contribution is -0.141. The van der Waals surface area contributed by atoms with Gasteiger partial charge < -0.3 is 14.1 Å². The molecule has 0 aromatic carbocycles. The van der Waals surface area contributed by atoms with Crippen LogP contribution in [0.2, 0.25) is 0 Å². The quantitative estimate of drug-likeness (QED) is 0.668. The van der Waals surface area contributed by atoms with Crippen LogP contribution in [0.1, 0.15) is 18.5 Å². The van der Waals surface area contributed by atoms with Crippen molar-refractivity contribution in [3.05, 3.63) is 48.6 Å². The number of hydrogen-bond donors (Lipinski definition) is 0. The van der Waals surface area contributed by atoms with Crippen LogP contribution in [-0.2, 0) is 6.18 Å². The van der Waals surface area contributed by atoms with E-state index < -0.39 is 11.9 Å². The lowest BCUT2D eigenvalue weighted by atomic mass is 9.98. The Bertz CT molecular complexity index is 926. The molecule has 3 aromatic rings. The van der Waals surface area contributed by atoms with Crippen LogP contribution in [0, 0.1) is 5.92 Å². The molecule has 1 fully saturated rings. The minimum absolute atomic E-state index is 0.185. The summed E-state index contributed by atoms with van der Waals surface area (Å²) in [5, 5.41) is 0.961. The number of hydrogen-bond acceptors (Lipinski definition) is 5. The number of ether oxygens (including phenoxy) is 1. The van der Waals surface area contributed by atoms with Crippen LogP contribution in [0.4, 0.5) is 19.0 Å². The van der Waals surface area contributed by atoms with Crippen molar-refractivity contribution in [2.75, 3.05) is 24.6 Å². The maximum atomic E-state index is 12.8. The maximum Gasteiger partial charge on any atom is 0.433 e. The molecule has 1 unspecified atom stereocenters. The van der Waals surface area contributed by atoms with Crippen molar-refractivity contribution in [3.8, 4) is 5.75 Å². The summed E-state index contributed by atoms with van der Waals surface area (Å²) in [4.78, 5) is 10.0. The lowest BCUT2D eigenvalue weighted by Gasteiger charge is -2.33. The third-order valence-corrected chi connectivity index (χ3v) is 4.68. The average molecular weight is 377 g/mol. The highest BCUT2D eigenvalue weighted by Crippen LogP contribution is 2.31. The van der Waals surface area contributed by atoms with Crippen LogP contribution >= 0.6 is 0 Å². The van der Waals surface area contributed by atoms with Gasteiger partial charge in [0, 0.05) is 37.5 Å². The highest BCUT2D eigenvalue weighted by molar-refractivity contribution is 5.88. The van der Waals surface area contributed by atoms with E-state index in [9.17, 15) is 13.2 Å². The van der Waals surface area contributed by atoms with Gasteiger partial charge in [0.1, 0.15) is 22.8 Å². The molecule has 5 nitrogen and oxygen atoms in total. The molecular weight excluding hydrogens is 359 g/mol. The fraction of sp³-hybridized carbons (Fsp3) is 0.368. The summed E-state index contributed by atoms with van der Waals surface area (Å²) in [5.74, 6) is 1.25. The summed E-state index contributed by atoms with van der Waals surface area (Å²) in [6.07, 6.45) is 1.92. The van der Waals surface area contributed by atoms with Gasteiger partial charge in [-0.2, -0.15) is 13.2 Å². The number of rotatable bonds is 4. The van der Waals surface area contributed by atoms with E-state index in [0.717, 1.165) is 55.0 Å². The first-order valence-corrected chi connectivity index (χ1v) is 8.74. The van der Waals surface area contributed by atoms with Crippen molar-refractivity contribution in [2.24, 2.45) is 5.92 Å². The number of aromatic nitrogens is 2. The summed E-state index contributed by atoms with van der Waals surface area (Å²) in [7, 11) is 0. The van der Waals surface area contributed by atoms with Crippen LogP contribution < -0.4 is 9.64 Å². The number of furan rings is 1. The second-order valence-electron chi connectivity index (χ2n) is 6.61. The molecule has 142 valence electrons.